The van der Waals surface area contributed by atoms with Gasteiger partial charge in [-0.25, -0.2) is 10.8 Å². The van der Waals surface area contributed by atoms with E-state index in [0.717, 1.165) is 17.1 Å². The minimum atomic E-state index is 0.549. The van der Waals surface area contributed by atoms with Gasteiger partial charge in [0.2, 0.25) is 0 Å². The quantitative estimate of drug-likeness (QED) is 0.624. The summed E-state index contributed by atoms with van der Waals surface area (Å²) in [7, 11) is 3.65. The molecule has 0 spiro atoms. The molecule has 0 radical (unpaired) electrons. The van der Waals surface area contributed by atoms with Crippen molar-refractivity contribution in [1.29, 1.82) is 0 Å². The van der Waals surface area contributed by atoms with E-state index >= 15 is 0 Å². The molecule has 0 saturated carbocycles. The van der Waals surface area contributed by atoms with Gasteiger partial charge < -0.3 is 15.1 Å². The van der Waals surface area contributed by atoms with Crippen LogP contribution in [0.5, 0.6) is 5.75 Å². The third kappa shape index (κ3) is 3.32. The lowest BCUT2D eigenvalue weighted by Gasteiger charge is -2.19. The fourth-order valence-electron chi connectivity index (χ4n) is 1.69. The van der Waals surface area contributed by atoms with Crippen LogP contribution in [0, 0.1) is 0 Å². The molecule has 0 fully saturated rings. The molecule has 0 aliphatic carbocycles. The van der Waals surface area contributed by atoms with Crippen molar-refractivity contribution in [3.8, 4) is 5.75 Å². The van der Waals surface area contributed by atoms with Gasteiger partial charge in [0, 0.05) is 18.8 Å². The molecule has 0 aliphatic heterocycles. The van der Waals surface area contributed by atoms with Crippen molar-refractivity contribution in [3.63, 3.8) is 0 Å². The maximum absolute atomic E-state index is 5.25. The van der Waals surface area contributed by atoms with E-state index in [1.807, 2.05) is 31.3 Å². The molecular formula is C13H17N5O. The molecule has 0 unspecified atom stereocenters. The number of hydrogen-bond acceptors (Lipinski definition) is 6. The Bertz CT molecular complexity index is 529. The Labute approximate surface area is 112 Å². The number of benzene rings is 1. The van der Waals surface area contributed by atoms with E-state index in [4.69, 9.17) is 10.6 Å². The number of rotatable bonds is 5. The third-order valence-corrected chi connectivity index (χ3v) is 2.75. The number of nitrogens with zero attached hydrogens (tertiary/aromatic N) is 3. The van der Waals surface area contributed by atoms with Gasteiger partial charge in [0.05, 0.1) is 31.7 Å². The molecule has 100 valence electrons. The van der Waals surface area contributed by atoms with Crippen LogP contribution in [0.15, 0.2) is 36.7 Å². The fourth-order valence-corrected chi connectivity index (χ4v) is 1.69. The summed E-state index contributed by atoms with van der Waals surface area (Å²) in [6.07, 6.45) is 3.31. The maximum Gasteiger partial charge on any atom is 0.158 e. The summed E-state index contributed by atoms with van der Waals surface area (Å²) in [5.41, 5.74) is 4.37. The smallest absolute Gasteiger partial charge is 0.158 e. The Kier molecular flexibility index (Phi) is 4.15. The zero-order valence-electron chi connectivity index (χ0n) is 11.0. The molecule has 1 aromatic heterocycles. The molecule has 2 rings (SSSR count). The Morgan fingerprint density at radius 3 is 2.79 bits per heavy atom. The monoisotopic (exact) mass is 259 g/mol. The highest BCUT2D eigenvalue weighted by molar-refractivity contribution is 5.50. The molecule has 0 saturated heterocycles. The van der Waals surface area contributed by atoms with E-state index in [9.17, 15) is 0 Å². The van der Waals surface area contributed by atoms with E-state index in [0.29, 0.717) is 12.4 Å². The second-order valence-corrected chi connectivity index (χ2v) is 4.09. The van der Waals surface area contributed by atoms with Gasteiger partial charge in [-0.2, -0.15) is 0 Å². The first-order chi connectivity index (χ1) is 9.22. The van der Waals surface area contributed by atoms with Gasteiger partial charge in [0.25, 0.3) is 0 Å². The predicted octanol–water partition coefficient (Wildman–Crippen LogP) is 1.41. The number of hydrazine groups is 1. The number of methoxy groups -OCH3 is 1. The van der Waals surface area contributed by atoms with Crippen LogP contribution < -0.4 is 20.9 Å². The number of nitrogens with two attached hydrogens (primary N) is 1. The number of nitrogen functional groups attached to an aromatic ring is 1. The molecular weight excluding hydrogens is 242 g/mol. The number of aromatic nitrogens is 2. The zero-order chi connectivity index (χ0) is 13.7. The maximum atomic E-state index is 5.25. The first-order valence-corrected chi connectivity index (χ1v) is 5.85. The molecule has 2 aromatic rings. The summed E-state index contributed by atoms with van der Waals surface area (Å²) in [6.45, 7) is 0.658. The van der Waals surface area contributed by atoms with Crippen LogP contribution >= 0.6 is 0 Å². The zero-order valence-corrected chi connectivity index (χ0v) is 11.0. The summed E-state index contributed by atoms with van der Waals surface area (Å²) in [4.78, 5) is 10.5. The Hall–Kier alpha value is -2.34. The fraction of sp³-hybridized carbons (Fsp3) is 0.231. The van der Waals surface area contributed by atoms with Gasteiger partial charge in [-0.1, -0.05) is 6.07 Å². The standard InChI is InChI=1S/C13H17N5O/c1-18(11-4-3-5-12(6-11)19-2)9-10-7-16-13(17-14)8-15-10/h3-8H,9,14H2,1-2H3,(H,16,17). The van der Waals surface area contributed by atoms with Gasteiger partial charge in [0.15, 0.2) is 5.82 Å². The lowest BCUT2D eigenvalue weighted by Crippen LogP contribution is -2.18. The number of hydrogen-bond donors (Lipinski definition) is 2. The van der Waals surface area contributed by atoms with E-state index in [2.05, 4.69) is 20.3 Å². The largest absolute Gasteiger partial charge is 0.497 e. The molecule has 0 aliphatic rings. The normalized spacial score (nSPS) is 10.1. The van der Waals surface area contributed by atoms with Crippen molar-refractivity contribution in [2.75, 3.05) is 24.5 Å². The van der Waals surface area contributed by atoms with Gasteiger partial charge in [0.1, 0.15) is 5.75 Å². The van der Waals surface area contributed by atoms with Crippen LogP contribution in [-0.2, 0) is 6.54 Å². The molecule has 0 bridgehead atoms. The van der Waals surface area contributed by atoms with E-state index in [-0.39, 0.29) is 0 Å². The van der Waals surface area contributed by atoms with Crippen molar-refractivity contribution in [2.24, 2.45) is 5.84 Å². The first-order valence-electron chi connectivity index (χ1n) is 5.85. The van der Waals surface area contributed by atoms with Gasteiger partial charge >= 0.3 is 0 Å². The summed E-state index contributed by atoms with van der Waals surface area (Å²) < 4.78 is 5.21. The Morgan fingerprint density at radius 1 is 1.32 bits per heavy atom. The highest BCUT2D eigenvalue weighted by Gasteiger charge is 2.05. The third-order valence-electron chi connectivity index (χ3n) is 2.75. The van der Waals surface area contributed by atoms with Crippen molar-refractivity contribution >= 4 is 11.5 Å². The summed E-state index contributed by atoms with van der Waals surface area (Å²) >= 11 is 0. The Morgan fingerprint density at radius 2 is 2.16 bits per heavy atom. The SMILES string of the molecule is COc1cccc(N(C)Cc2cnc(NN)cn2)c1. The molecule has 19 heavy (non-hydrogen) atoms. The van der Waals surface area contributed by atoms with Gasteiger partial charge in [-0.05, 0) is 12.1 Å². The molecule has 6 heteroatoms. The number of nitrogens with one attached hydrogen (secondary N) is 1. The van der Waals surface area contributed by atoms with Crippen LogP contribution in [-0.4, -0.2) is 24.1 Å². The second-order valence-electron chi connectivity index (χ2n) is 4.09. The molecule has 0 atom stereocenters. The summed E-state index contributed by atoms with van der Waals surface area (Å²) in [6, 6.07) is 7.87. The lowest BCUT2D eigenvalue weighted by molar-refractivity contribution is 0.415. The van der Waals surface area contributed by atoms with Gasteiger partial charge in [-0.15, -0.1) is 0 Å². The molecule has 1 heterocycles. The van der Waals surface area contributed by atoms with Crippen LogP contribution in [0.25, 0.3) is 0 Å². The summed E-state index contributed by atoms with van der Waals surface area (Å²) in [5.74, 6) is 6.63. The topological polar surface area (TPSA) is 76.3 Å². The number of ether oxygens (including phenoxy) is 1. The van der Waals surface area contributed by atoms with Crippen LogP contribution in [0.4, 0.5) is 11.5 Å². The van der Waals surface area contributed by atoms with Crippen LogP contribution in [0.3, 0.4) is 0 Å². The highest BCUT2D eigenvalue weighted by atomic mass is 16.5. The first kappa shape index (κ1) is 13.1. The molecule has 0 amide bonds. The van der Waals surface area contributed by atoms with Crippen LogP contribution in [0.2, 0.25) is 0 Å². The predicted molar refractivity (Wildman–Crippen MR) is 74.9 cm³/mol. The van der Waals surface area contributed by atoms with Crippen molar-refractivity contribution in [1.82, 2.24) is 9.97 Å². The van der Waals surface area contributed by atoms with E-state index < -0.39 is 0 Å². The van der Waals surface area contributed by atoms with Crippen molar-refractivity contribution in [2.45, 2.75) is 6.54 Å². The van der Waals surface area contributed by atoms with Crippen molar-refractivity contribution in [3.05, 3.63) is 42.4 Å². The van der Waals surface area contributed by atoms with Crippen LogP contribution in [0.1, 0.15) is 5.69 Å². The van der Waals surface area contributed by atoms with Crippen molar-refractivity contribution < 1.29 is 4.74 Å². The Balaban J connectivity index is 2.08. The average molecular weight is 259 g/mol. The van der Waals surface area contributed by atoms with E-state index in [1.165, 1.54) is 0 Å². The minimum Gasteiger partial charge on any atom is -0.497 e. The molecule has 3 N–H and O–H groups in total. The number of anilines is 2. The van der Waals surface area contributed by atoms with Gasteiger partial charge in [-0.3, -0.25) is 4.98 Å². The highest BCUT2D eigenvalue weighted by Crippen LogP contribution is 2.20. The minimum absolute atomic E-state index is 0.549. The average Bonchev–Trinajstić information content (AvgIpc) is 2.48. The molecule has 1 aromatic carbocycles. The second kappa shape index (κ2) is 6.01. The summed E-state index contributed by atoms with van der Waals surface area (Å²) in [5, 5.41) is 0. The lowest BCUT2D eigenvalue weighted by atomic mass is 10.2. The van der Waals surface area contributed by atoms with E-state index in [1.54, 1.807) is 19.5 Å². The molecule has 6 nitrogen and oxygen atoms in total.